The second-order valence-electron chi connectivity index (χ2n) is 3.17. The highest BCUT2D eigenvalue weighted by atomic mass is 32.1. The molecule has 0 spiro atoms. The maximum Gasteiger partial charge on any atom is 0.110 e. The van der Waals surface area contributed by atoms with Crippen LogP contribution >= 0.6 is 11.3 Å². The quantitative estimate of drug-likeness (QED) is 0.723. The van der Waals surface area contributed by atoms with Gasteiger partial charge in [0.05, 0.1) is 0 Å². The van der Waals surface area contributed by atoms with Crippen LogP contribution in [0.3, 0.4) is 0 Å². The minimum absolute atomic E-state index is 0.750. The highest BCUT2D eigenvalue weighted by molar-refractivity contribution is 7.19. The van der Waals surface area contributed by atoms with Gasteiger partial charge in [0.25, 0.3) is 0 Å². The van der Waals surface area contributed by atoms with E-state index in [2.05, 4.69) is 13.0 Å². The molecule has 0 aliphatic carbocycles. The smallest absolute Gasteiger partial charge is 0.110 e. The van der Waals surface area contributed by atoms with E-state index in [4.69, 9.17) is 11.0 Å². The van der Waals surface area contributed by atoms with E-state index in [9.17, 15) is 0 Å². The predicted octanol–water partition coefficient (Wildman–Crippen LogP) is 2.92. The van der Waals surface area contributed by atoms with Crippen LogP contribution in [0.25, 0.3) is 10.1 Å². The molecule has 70 valence electrons. The summed E-state index contributed by atoms with van der Waals surface area (Å²) in [4.78, 5) is 0.750. The van der Waals surface area contributed by atoms with E-state index in [1.165, 1.54) is 22.3 Å². The van der Waals surface area contributed by atoms with Gasteiger partial charge in [0, 0.05) is 10.4 Å². The lowest BCUT2D eigenvalue weighted by molar-refractivity contribution is 1.16. The summed E-state index contributed by atoms with van der Waals surface area (Å²) in [5.41, 5.74) is 7.77. The summed E-state index contributed by atoms with van der Waals surface area (Å²) in [6, 6.07) is 8.02. The molecule has 0 bridgehead atoms. The Morgan fingerprint density at radius 1 is 1.43 bits per heavy atom. The van der Waals surface area contributed by atoms with Crippen LogP contribution in [-0.4, -0.2) is 0 Å². The van der Waals surface area contributed by atoms with Crippen molar-refractivity contribution >= 4 is 27.1 Å². The fourth-order valence-corrected chi connectivity index (χ4v) is 2.54. The van der Waals surface area contributed by atoms with Crippen LogP contribution in [0.5, 0.6) is 0 Å². The number of anilines is 1. The third-order valence-corrected chi connectivity index (χ3v) is 3.22. The molecule has 0 aliphatic heterocycles. The summed E-state index contributed by atoms with van der Waals surface area (Å²) in [6.45, 7) is 2.10. The molecule has 0 fully saturated rings. The number of benzene rings is 1. The van der Waals surface area contributed by atoms with Gasteiger partial charge < -0.3 is 5.73 Å². The molecule has 0 saturated carbocycles. The van der Waals surface area contributed by atoms with Crippen molar-refractivity contribution in [3.63, 3.8) is 0 Å². The second-order valence-corrected chi connectivity index (χ2v) is 4.25. The molecule has 0 amide bonds. The van der Waals surface area contributed by atoms with E-state index >= 15 is 0 Å². The molecule has 1 heterocycles. The highest BCUT2D eigenvalue weighted by Crippen LogP contribution is 2.30. The average molecular weight is 202 g/mol. The van der Waals surface area contributed by atoms with E-state index in [0.717, 1.165) is 21.7 Å². The van der Waals surface area contributed by atoms with Crippen molar-refractivity contribution in [3.05, 3.63) is 28.6 Å². The topological polar surface area (TPSA) is 49.8 Å². The van der Waals surface area contributed by atoms with Crippen molar-refractivity contribution in [1.82, 2.24) is 0 Å². The Bertz CT molecular complexity index is 520. The fourth-order valence-electron chi connectivity index (χ4n) is 1.58. The van der Waals surface area contributed by atoms with E-state index < -0.39 is 0 Å². The van der Waals surface area contributed by atoms with Crippen LogP contribution in [0.15, 0.2) is 18.2 Å². The van der Waals surface area contributed by atoms with E-state index in [1.807, 2.05) is 18.2 Å². The zero-order valence-corrected chi connectivity index (χ0v) is 8.69. The summed E-state index contributed by atoms with van der Waals surface area (Å²) in [7, 11) is 0. The van der Waals surface area contributed by atoms with Gasteiger partial charge in [-0.1, -0.05) is 6.92 Å². The Kier molecular flexibility index (Phi) is 2.14. The molecule has 0 aliphatic rings. The molecule has 2 aromatic rings. The van der Waals surface area contributed by atoms with E-state index in [1.54, 1.807) is 0 Å². The summed E-state index contributed by atoms with van der Waals surface area (Å²) < 4.78 is 1.11. The van der Waals surface area contributed by atoms with E-state index in [0.29, 0.717) is 0 Å². The third kappa shape index (κ3) is 1.34. The fraction of sp³-hybridized carbons (Fsp3) is 0.182. The predicted molar refractivity (Wildman–Crippen MR) is 60.3 cm³/mol. The maximum atomic E-state index is 8.80. The first kappa shape index (κ1) is 9.04. The lowest BCUT2D eigenvalue weighted by Crippen LogP contribution is -1.87. The Morgan fingerprint density at radius 3 is 2.86 bits per heavy atom. The van der Waals surface area contributed by atoms with Crippen molar-refractivity contribution in [2.45, 2.75) is 13.3 Å². The van der Waals surface area contributed by atoms with Crippen molar-refractivity contribution in [3.8, 4) is 6.07 Å². The van der Waals surface area contributed by atoms with Gasteiger partial charge in [-0.15, -0.1) is 11.3 Å². The van der Waals surface area contributed by atoms with Gasteiger partial charge in [-0.25, -0.2) is 0 Å². The third-order valence-electron chi connectivity index (χ3n) is 2.24. The van der Waals surface area contributed by atoms with Crippen LogP contribution in [0.2, 0.25) is 0 Å². The molecular weight excluding hydrogens is 192 g/mol. The Morgan fingerprint density at radius 2 is 2.21 bits per heavy atom. The minimum atomic E-state index is 0.750. The van der Waals surface area contributed by atoms with Gasteiger partial charge in [0.1, 0.15) is 10.9 Å². The van der Waals surface area contributed by atoms with Crippen molar-refractivity contribution < 1.29 is 0 Å². The van der Waals surface area contributed by atoms with Crippen LogP contribution in [0.4, 0.5) is 5.69 Å². The normalized spacial score (nSPS) is 10.3. The average Bonchev–Trinajstić information content (AvgIpc) is 2.59. The zero-order valence-electron chi connectivity index (χ0n) is 7.87. The first-order valence-corrected chi connectivity index (χ1v) is 5.28. The van der Waals surface area contributed by atoms with Crippen molar-refractivity contribution in [1.29, 1.82) is 5.26 Å². The van der Waals surface area contributed by atoms with Gasteiger partial charge in [-0.05, 0) is 35.6 Å². The molecule has 2 N–H and O–H groups in total. The number of nitriles is 1. The van der Waals surface area contributed by atoms with Crippen molar-refractivity contribution in [2.24, 2.45) is 0 Å². The number of hydrogen-bond donors (Lipinski definition) is 1. The maximum absolute atomic E-state index is 8.80. The van der Waals surface area contributed by atoms with Crippen LogP contribution < -0.4 is 5.73 Å². The molecule has 14 heavy (non-hydrogen) atoms. The lowest BCUT2D eigenvalue weighted by Gasteiger charge is -2.00. The number of nitrogens with two attached hydrogens (primary N) is 1. The minimum Gasteiger partial charge on any atom is -0.399 e. The summed E-state index contributed by atoms with van der Waals surface area (Å²) in [5, 5.41) is 9.97. The number of nitrogen functional groups attached to an aromatic ring is 1. The molecule has 0 atom stereocenters. The monoisotopic (exact) mass is 202 g/mol. The summed E-state index contributed by atoms with van der Waals surface area (Å²) in [5.74, 6) is 0. The van der Waals surface area contributed by atoms with Crippen LogP contribution in [0, 0.1) is 11.3 Å². The molecule has 3 heteroatoms. The first-order chi connectivity index (χ1) is 6.74. The summed E-state index contributed by atoms with van der Waals surface area (Å²) >= 11 is 1.50. The van der Waals surface area contributed by atoms with Crippen LogP contribution in [-0.2, 0) is 6.42 Å². The number of fused-ring (bicyclic) bond motifs is 1. The Hall–Kier alpha value is -1.53. The molecule has 0 unspecified atom stereocenters. The van der Waals surface area contributed by atoms with Gasteiger partial charge in [0.2, 0.25) is 0 Å². The number of hydrogen-bond acceptors (Lipinski definition) is 3. The van der Waals surface area contributed by atoms with E-state index in [-0.39, 0.29) is 0 Å². The molecule has 2 nitrogen and oxygen atoms in total. The number of rotatable bonds is 1. The molecule has 2 rings (SSSR count). The Balaban J connectivity index is 2.79. The SMILES string of the molecule is CCc1cc(N)cc2sc(C#N)cc12. The lowest BCUT2D eigenvalue weighted by atomic mass is 10.1. The molecule has 1 aromatic heterocycles. The molecule has 1 aromatic carbocycles. The van der Waals surface area contributed by atoms with Crippen LogP contribution in [0.1, 0.15) is 17.4 Å². The number of thiophene rings is 1. The van der Waals surface area contributed by atoms with Gasteiger partial charge >= 0.3 is 0 Å². The Labute approximate surface area is 86.6 Å². The summed E-state index contributed by atoms with van der Waals surface area (Å²) in [6.07, 6.45) is 0.948. The molecule has 0 saturated heterocycles. The largest absolute Gasteiger partial charge is 0.399 e. The molecule has 0 radical (unpaired) electrons. The highest BCUT2D eigenvalue weighted by Gasteiger charge is 2.05. The van der Waals surface area contributed by atoms with Gasteiger partial charge in [-0.2, -0.15) is 5.26 Å². The van der Waals surface area contributed by atoms with Gasteiger partial charge in [-0.3, -0.25) is 0 Å². The first-order valence-electron chi connectivity index (χ1n) is 4.46. The standard InChI is InChI=1S/C11H10N2S/c1-2-7-3-8(13)4-11-10(7)5-9(6-12)14-11/h3-5H,2,13H2,1H3. The van der Waals surface area contributed by atoms with Gasteiger partial charge in [0.15, 0.2) is 0 Å². The van der Waals surface area contributed by atoms with Crippen molar-refractivity contribution in [2.75, 3.05) is 5.73 Å². The zero-order chi connectivity index (χ0) is 10.1. The molecular formula is C11H10N2S. The number of nitrogens with zero attached hydrogens (tertiary/aromatic N) is 1. The second kappa shape index (κ2) is 3.32. The number of aryl methyl sites for hydroxylation is 1.